The van der Waals surface area contributed by atoms with Gasteiger partial charge in [-0.05, 0) is 25.8 Å². The summed E-state index contributed by atoms with van der Waals surface area (Å²) in [5, 5.41) is 12.3. The average Bonchev–Trinajstić information content (AvgIpc) is 2.96. The van der Waals surface area contributed by atoms with Gasteiger partial charge in [-0.25, -0.2) is 18.6 Å². The molecule has 1 fully saturated rings. The number of aryl methyl sites for hydroxylation is 1. The molecule has 1 saturated heterocycles. The van der Waals surface area contributed by atoms with E-state index in [1.54, 1.807) is 11.8 Å². The summed E-state index contributed by atoms with van der Waals surface area (Å²) in [7, 11) is 0. The predicted molar refractivity (Wildman–Crippen MR) is 90.5 cm³/mol. The Hall–Kier alpha value is -2.55. The number of aromatic hydroxyl groups is 1. The molecule has 0 saturated carbocycles. The van der Waals surface area contributed by atoms with Gasteiger partial charge in [0.2, 0.25) is 5.13 Å². The molecule has 2 N–H and O–H groups in total. The summed E-state index contributed by atoms with van der Waals surface area (Å²) in [6.45, 7) is 2.62. The van der Waals surface area contributed by atoms with E-state index in [0.29, 0.717) is 36.9 Å². The molecule has 132 valence electrons. The summed E-state index contributed by atoms with van der Waals surface area (Å²) in [5.41, 5.74) is 0.675. The Morgan fingerprint density at radius 1 is 1.32 bits per heavy atom. The highest BCUT2D eigenvalue weighted by atomic mass is 32.1. The van der Waals surface area contributed by atoms with Crippen molar-refractivity contribution in [1.82, 2.24) is 14.3 Å². The van der Waals surface area contributed by atoms with Crippen molar-refractivity contribution in [1.29, 1.82) is 0 Å². The summed E-state index contributed by atoms with van der Waals surface area (Å²) in [5.74, 6) is -1.47. The smallest absolute Gasteiger partial charge is 0.323 e. The second kappa shape index (κ2) is 7.14. The normalized spacial score (nSPS) is 14.5. The molecule has 2 amide bonds. The van der Waals surface area contributed by atoms with E-state index in [4.69, 9.17) is 0 Å². The van der Waals surface area contributed by atoms with E-state index in [1.165, 1.54) is 6.08 Å². The first-order valence-electron chi connectivity index (χ1n) is 7.66. The Bertz CT molecular complexity index is 804. The number of piperidine rings is 1. The van der Waals surface area contributed by atoms with Crippen LogP contribution in [0.15, 0.2) is 17.7 Å². The van der Waals surface area contributed by atoms with Crippen LogP contribution in [0.5, 0.6) is 5.75 Å². The minimum absolute atomic E-state index is 0.171. The number of nitrogens with one attached hydrogen (secondary N) is 1. The van der Waals surface area contributed by atoms with Crippen LogP contribution in [0.2, 0.25) is 0 Å². The van der Waals surface area contributed by atoms with Crippen LogP contribution in [0.25, 0.3) is 6.08 Å². The second-order valence-corrected chi connectivity index (χ2v) is 6.44. The Morgan fingerprint density at radius 3 is 2.52 bits per heavy atom. The zero-order valence-corrected chi connectivity index (χ0v) is 14.2. The van der Waals surface area contributed by atoms with E-state index in [-0.39, 0.29) is 11.6 Å². The first-order chi connectivity index (χ1) is 11.9. The summed E-state index contributed by atoms with van der Waals surface area (Å²) in [6.07, 6.45) is 2.48. The third-order valence-electron chi connectivity index (χ3n) is 3.85. The minimum atomic E-state index is -0.809. The van der Waals surface area contributed by atoms with Crippen molar-refractivity contribution in [3.8, 4) is 5.75 Å². The first kappa shape index (κ1) is 17.3. The molecule has 0 spiro atoms. The molecule has 25 heavy (non-hydrogen) atoms. The standard InChI is InChI=1S/C16H16F2N4O2S/c1-9-19-15(25-21-9)20-16(24)22-4-2-10(3-5-22)6-12-13(17)7-11(23)8-14(12)18/h6-8,23H,2-5H2,1H3,(H,19,20,21,24). The predicted octanol–water partition coefficient (Wildman–Crippen LogP) is 3.54. The number of hydrogen-bond donors (Lipinski definition) is 2. The second-order valence-electron chi connectivity index (χ2n) is 5.69. The number of benzene rings is 1. The molecule has 0 radical (unpaired) electrons. The molecule has 1 aromatic heterocycles. The lowest BCUT2D eigenvalue weighted by molar-refractivity contribution is 0.208. The molecule has 2 heterocycles. The number of urea groups is 1. The van der Waals surface area contributed by atoms with Crippen LogP contribution in [-0.4, -0.2) is 38.5 Å². The van der Waals surface area contributed by atoms with E-state index in [9.17, 15) is 18.7 Å². The molecule has 2 aromatic rings. The largest absolute Gasteiger partial charge is 0.508 e. The molecule has 9 heteroatoms. The van der Waals surface area contributed by atoms with Gasteiger partial charge in [0.25, 0.3) is 0 Å². The SMILES string of the molecule is Cc1nsc(NC(=O)N2CCC(=Cc3c(F)cc(O)cc3F)CC2)n1. The van der Waals surface area contributed by atoms with Crippen LogP contribution in [0.1, 0.15) is 24.2 Å². The van der Waals surface area contributed by atoms with Gasteiger partial charge in [0.15, 0.2) is 0 Å². The quantitative estimate of drug-likeness (QED) is 0.852. The number of anilines is 1. The number of hydrogen-bond acceptors (Lipinski definition) is 5. The first-order valence-corrected chi connectivity index (χ1v) is 8.43. The van der Waals surface area contributed by atoms with Crippen LogP contribution in [0.3, 0.4) is 0 Å². The molecule has 6 nitrogen and oxygen atoms in total. The van der Waals surface area contributed by atoms with Crippen LogP contribution >= 0.6 is 11.5 Å². The van der Waals surface area contributed by atoms with Gasteiger partial charge in [0.05, 0.1) is 0 Å². The monoisotopic (exact) mass is 366 g/mol. The average molecular weight is 366 g/mol. The number of nitrogens with zero attached hydrogens (tertiary/aromatic N) is 3. The number of likely N-dealkylation sites (tertiary alicyclic amines) is 1. The van der Waals surface area contributed by atoms with Gasteiger partial charge in [-0.15, -0.1) is 0 Å². The number of phenolic OH excluding ortho intramolecular Hbond substituents is 1. The van der Waals surface area contributed by atoms with Gasteiger partial charge < -0.3 is 10.0 Å². The van der Waals surface area contributed by atoms with Crippen LogP contribution < -0.4 is 5.32 Å². The molecule has 3 rings (SSSR count). The maximum absolute atomic E-state index is 13.8. The number of aromatic nitrogens is 2. The van der Waals surface area contributed by atoms with Gasteiger partial charge >= 0.3 is 6.03 Å². The molecule has 1 aliphatic heterocycles. The van der Waals surface area contributed by atoms with Crippen molar-refractivity contribution in [3.63, 3.8) is 0 Å². The number of rotatable bonds is 2. The zero-order chi connectivity index (χ0) is 18.0. The van der Waals surface area contributed by atoms with Crippen LogP contribution in [0, 0.1) is 18.6 Å². The lowest BCUT2D eigenvalue weighted by Crippen LogP contribution is -2.39. The van der Waals surface area contributed by atoms with E-state index >= 15 is 0 Å². The lowest BCUT2D eigenvalue weighted by Gasteiger charge is -2.28. The third-order valence-corrected chi connectivity index (χ3v) is 4.57. The van der Waals surface area contributed by atoms with Gasteiger partial charge in [-0.2, -0.15) is 4.37 Å². The van der Waals surface area contributed by atoms with Crippen LogP contribution in [0.4, 0.5) is 18.7 Å². The number of carbonyl (C=O) groups excluding carboxylic acids is 1. The minimum Gasteiger partial charge on any atom is -0.508 e. The van der Waals surface area contributed by atoms with Gasteiger partial charge in [0.1, 0.15) is 23.2 Å². The summed E-state index contributed by atoms with van der Waals surface area (Å²) in [6, 6.07) is 1.49. The van der Waals surface area contributed by atoms with E-state index in [1.807, 2.05) is 0 Å². The highest BCUT2D eigenvalue weighted by Crippen LogP contribution is 2.25. The lowest BCUT2D eigenvalue weighted by atomic mass is 10.0. The Labute approximate surface area is 147 Å². The topological polar surface area (TPSA) is 78.4 Å². The van der Waals surface area contributed by atoms with Crippen molar-refractivity contribution in [2.75, 3.05) is 18.4 Å². The van der Waals surface area contributed by atoms with E-state index in [2.05, 4.69) is 14.7 Å². The van der Waals surface area contributed by atoms with Crippen molar-refractivity contribution in [2.45, 2.75) is 19.8 Å². The van der Waals surface area contributed by atoms with Gasteiger partial charge in [0, 0.05) is 42.3 Å². The van der Waals surface area contributed by atoms with E-state index < -0.39 is 17.4 Å². The molecule has 1 aromatic carbocycles. The highest BCUT2D eigenvalue weighted by molar-refractivity contribution is 7.09. The number of carbonyl (C=O) groups is 1. The summed E-state index contributed by atoms with van der Waals surface area (Å²) in [4.78, 5) is 17.9. The van der Waals surface area contributed by atoms with Crippen LogP contribution in [-0.2, 0) is 0 Å². The Morgan fingerprint density at radius 2 is 1.96 bits per heavy atom. The fourth-order valence-corrected chi connectivity index (χ4v) is 3.14. The molecular formula is C16H16F2N4O2S. The highest BCUT2D eigenvalue weighted by Gasteiger charge is 2.21. The van der Waals surface area contributed by atoms with E-state index in [0.717, 1.165) is 29.2 Å². The fourth-order valence-electron chi connectivity index (χ4n) is 2.57. The van der Waals surface area contributed by atoms with Gasteiger partial charge in [-0.3, -0.25) is 5.32 Å². The zero-order valence-electron chi connectivity index (χ0n) is 13.4. The summed E-state index contributed by atoms with van der Waals surface area (Å²) >= 11 is 1.11. The van der Waals surface area contributed by atoms with Crippen molar-refractivity contribution >= 4 is 28.8 Å². The van der Waals surface area contributed by atoms with Crippen molar-refractivity contribution < 1.29 is 18.7 Å². The van der Waals surface area contributed by atoms with Crippen molar-refractivity contribution in [2.24, 2.45) is 0 Å². The number of amides is 2. The molecule has 0 unspecified atom stereocenters. The Kier molecular flexibility index (Phi) is 4.93. The number of phenols is 1. The maximum Gasteiger partial charge on any atom is 0.323 e. The van der Waals surface area contributed by atoms with Gasteiger partial charge in [-0.1, -0.05) is 5.57 Å². The molecule has 0 bridgehead atoms. The Balaban J connectivity index is 1.63. The molecule has 1 aliphatic rings. The van der Waals surface area contributed by atoms with Crippen molar-refractivity contribution in [3.05, 3.63) is 40.7 Å². The molecule has 0 atom stereocenters. The number of halogens is 2. The molecular weight excluding hydrogens is 350 g/mol. The maximum atomic E-state index is 13.8. The fraction of sp³-hybridized carbons (Fsp3) is 0.312. The summed E-state index contributed by atoms with van der Waals surface area (Å²) < 4.78 is 31.6. The third kappa shape index (κ3) is 4.11. The molecule has 0 aliphatic carbocycles.